The summed E-state index contributed by atoms with van der Waals surface area (Å²) in [7, 11) is 0. The van der Waals surface area contributed by atoms with Gasteiger partial charge < -0.3 is 24.4 Å². The second-order valence-electron chi connectivity index (χ2n) is 7.48. The summed E-state index contributed by atoms with van der Waals surface area (Å²) in [5, 5.41) is 17.8. The van der Waals surface area contributed by atoms with Crippen LogP contribution in [0.2, 0.25) is 0 Å². The average Bonchev–Trinajstić information content (AvgIpc) is 2.78. The van der Waals surface area contributed by atoms with Gasteiger partial charge in [0, 0.05) is 13.0 Å². The van der Waals surface area contributed by atoms with Crippen LogP contribution < -0.4 is 9.47 Å². The molecule has 0 aliphatic rings. The molecule has 0 fully saturated rings. The normalized spacial score (nSPS) is 11.5. The largest absolute Gasteiger partial charge is 0.494 e. The van der Waals surface area contributed by atoms with Crippen molar-refractivity contribution in [1.82, 2.24) is 0 Å². The standard InChI is InChI=1S/C25H30O8/c26-20(18-24(27)28)17-23(25(29)30)33-15-7-9-19-8-6-12-22(16-19)32-14-5-4-13-31-21-10-2-1-3-11-21/h1-3,6,8,10-12,16,23H,4-5,7,9,13-15,17-18H2,(H,27,28)(H,29,30). The third-order valence-electron chi connectivity index (χ3n) is 4.68. The molecule has 0 saturated carbocycles. The first kappa shape index (κ1) is 25.9. The van der Waals surface area contributed by atoms with Gasteiger partial charge in [-0.2, -0.15) is 0 Å². The quantitative estimate of drug-likeness (QED) is 0.272. The molecule has 2 aromatic rings. The molecule has 8 nitrogen and oxygen atoms in total. The van der Waals surface area contributed by atoms with Gasteiger partial charge in [-0.05, 0) is 55.5 Å². The smallest absolute Gasteiger partial charge is 0.333 e. The molecule has 0 amide bonds. The second kappa shape index (κ2) is 14.6. The number of aryl methyl sites for hydroxylation is 1. The molecule has 2 rings (SSSR count). The maximum atomic E-state index is 11.5. The van der Waals surface area contributed by atoms with Gasteiger partial charge in [-0.3, -0.25) is 9.59 Å². The Hall–Kier alpha value is -3.39. The first-order chi connectivity index (χ1) is 15.9. The number of carboxylic acid groups (broad SMARTS) is 2. The van der Waals surface area contributed by atoms with Gasteiger partial charge in [0.2, 0.25) is 0 Å². The van der Waals surface area contributed by atoms with Gasteiger partial charge >= 0.3 is 11.9 Å². The molecule has 2 aromatic carbocycles. The van der Waals surface area contributed by atoms with Crippen LogP contribution in [0.15, 0.2) is 54.6 Å². The lowest BCUT2D eigenvalue weighted by molar-refractivity contribution is -0.154. The molecule has 33 heavy (non-hydrogen) atoms. The molecule has 0 aromatic heterocycles. The van der Waals surface area contributed by atoms with Crippen molar-refractivity contribution >= 4 is 17.7 Å². The highest BCUT2D eigenvalue weighted by atomic mass is 16.5. The number of carboxylic acids is 2. The average molecular weight is 459 g/mol. The summed E-state index contributed by atoms with van der Waals surface area (Å²) in [6.45, 7) is 1.35. The summed E-state index contributed by atoms with van der Waals surface area (Å²) in [6.07, 6.45) is 0.446. The summed E-state index contributed by atoms with van der Waals surface area (Å²) in [4.78, 5) is 33.3. The van der Waals surface area contributed by atoms with E-state index >= 15 is 0 Å². The number of hydrogen-bond donors (Lipinski definition) is 2. The van der Waals surface area contributed by atoms with Gasteiger partial charge in [0.05, 0.1) is 13.2 Å². The van der Waals surface area contributed by atoms with Crippen LogP contribution in [0.25, 0.3) is 0 Å². The minimum Gasteiger partial charge on any atom is -0.494 e. The van der Waals surface area contributed by atoms with Crippen LogP contribution in [0.4, 0.5) is 0 Å². The fourth-order valence-electron chi connectivity index (χ4n) is 3.06. The van der Waals surface area contributed by atoms with E-state index in [4.69, 9.17) is 24.4 Å². The second-order valence-corrected chi connectivity index (χ2v) is 7.48. The Morgan fingerprint density at radius 2 is 1.45 bits per heavy atom. The van der Waals surface area contributed by atoms with Crippen molar-refractivity contribution in [1.29, 1.82) is 0 Å². The molecule has 178 valence electrons. The lowest BCUT2D eigenvalue weighted by atomic mass is 10.1. The molecule has 1 atom stereocenters. The molecule has 0 bridgehead atoms. The summed E-state index contributed by atoms with van der Waals surface area (Å²) >= 11 is 0. The van der Waals surface area contributed by atoms with E-state index in [1.807, 2.05) is 54.6 Å². The summed E-state index contributed by atoms with van der Waals surface area (Å²) in [6, 6.07) is 17.3. The number of carbonyl (C=O) groups is 3. The first-order valence-electron chi connectivity index (χ1n) is 10.9. The van der Waals surface area contributed by atoms with Crippen molar-refractivity contribution in [3.05, 3.63) is 60.2 Å². The molecule has 0 saturated heterocycles. The van der Waals surface area contributed by atoms with Crippen LogP contribution in [0, 0.1) is 0 Å². The van der Waals surface area contributed by atoms with Crippen molar-refractivity contribution in [3.63, 3.8) is 0 Å². The number of aliphatic carboxylic acids is 2. The van der Waals surface area contributed by atoms with Crippen LogP contribution in [-0.4, -0.2) is 53.9 Å². The SMILES string of the molecule is O=C(O)CC(=O)CC(OCCCc1cccc(OCCCCOc2ccccc2)c1)C(=O)O. The van der Waals surface area contributed by atoms with E-state index in [1.165, 1.54) is 0 Å². The zero-order valence-electron chi connectivity index (χ0n) is 18.5. The fraction of sp³-hybridized carbons (Fsp3) is 0.400. The van der Waals surface area contributed by atoms with E-state index in [0.29, 0.717) is 26.1 Å². The van der Waals surface area contributed by atoms with Crippen LogP contribution in [-0.2, 0) is 25.5 Å². The number of ether oxygens (including phenoxy) is 3. The highest BCUT2D eigenvalue weighted by Crippen LogP contribution is 2.16. The number of benzene rings is 2. The van der Waals surface area contributed by atoms with E-state index in [-0.39, 0.29) is 6.61 Å². The zero-order valence-corrected chi connectivity index (χ0v) is 18.5. The Labute approximate surface area is 193 Å². The van der Waals surface area contributed by atoms with Gasteiger partial charge in [-0.15, -0.1) is 0 Å². The third kappa shape index (κ3) is 11.2. The predicted octanol–water partition coefficient (Wildman–Crippen LogP) is 3.76. The molecule has 0 spiro atoms. The van der Waals surface area contributed by atoms with Gasteiger partial charge in [-0.1, -0.05) is 30.3 Å². The summed E-state index contributed by atoms with van der Waals surface area (Å²) in [5.41, 5.74) is 1.03. The molecule has 1 unspecified atom stereocenters. The summed E-state index contributed by atoms with van der Waals surface area (Å²) < 4.78 is 16.7. The highest BCUT2D eigenvalue weighted by Gasteiger charge is 2.23. The topological polar surface area (TPSA) is 119 Å². The number of carbonyl (C=O) groups excluding carboxylic acids is 1. The minimum atomic E-state index is -1.34. The van der Waals surface area contributed by atoms with Crippen LogP contribution in [0.5, 0.6) is 11.5 Å². The number of unbranched alkanes of at least 4 members (excludes halogenated alkanes) is 1. The van der Waals surface area contributed by atoms with E-state index in [2.05, 4.69) is 0 Å². The van der Waals surface area contributed by atoms with E-state index < -0.39 is 36.7 Å². The molecule has 0 aliphatic carbocycles. The minimum absolute atomic E-state index is 0.143. The van der Waals surface area contributed by atoms with Crippen molar-refractivity contribution in [3.8, 4) is 11.5 Å². The number of ketones is 1. The lowest BCUT2D eigenvalue weighted by Gasteiger charge is -2.13. The van der Waals surface area contributed by atoms with Crippen LogP contribution in [0.3, 0.4) is 0 Å². The maximum Gasteiger partial charge on any atom is 0.333 e. The fourth-order valence-corrected chi connectivity index (χ4v) is 3.06. The Balaban J connectivity index is 1.63. The number of Topliss-reactive ketones (excluding diaryl/α,β-unsaturated/α-hetero) is 1. The Kier molecular flexibility index (Phi) is 11.5. The number of rotatable bonds is 17. The lowest BCUT2D eigenvalue weighted by Crippen LogP contribution is -2.28. The molecule has 0 heterocycles. The number of hydrogen-bond acceptors (Lipinski definition) is 6. The van der Waals surface area contributed by atoms with Crippen LogP contribution in [0.1, 0.15) is 37.7 Å². The Bertz CT molecular complexity index is 881. The van der Waals surface area contributed by atoms with Crippen molar-refractivity contribution < 1.29 is 38.8 Å². The van der Waals surface area contributed by atoms with Gasteiger partial charge in [0.15, 0.2) is 6.10 Å². The Morgan fingerprint density at radius 3 is 2.12 bits per heavy atom. The van der Waals surface area contributed by atoms with Gasteiger partial charge in [0.1, 0.15) is 23.7 Å². The molecule has 0 radical (unpaired) electrons. The van der Waals surface area contributed by atoms with Crippen molar-refractivity contribution in [2.24, 2.45) is 0 Å². The van der Waals surface area contributed by atoms with E-state index in [1.54, 1.807) is 0 Å². The third-order valence-corrected chi connectivity index (χ3v) is 4.68. The molecular formula is C25H30O8. The summed E-state index contributed by atoms with van der Waals surface area (Å²) in [5.74, 6) is -1.62. The van der Waals surface area contributed by atoms with Gasteiger partial charge in [0.25, 0.3) is 0 Å². The maximum absolute atomic E-state index is 11.5. The monoisotopic (exact) mass is 458 g/mol. The predicted molar refractivity (Wildman–Crippen MR) is 121 cm³/mol. The molecule has 2 N–H and O–H groups in total. The first-order valence-corrected chi connectivity index (χ1v) is 10.9. The molecule has 0 aliphatic heterocycles. The van der Waals surface area contributed by atoms with E-state index in [0.717, 1.165) is 29.9 Å². The van der Waals surface area contributed by atoms with Crippen LogP contribution >= 0.6 is 0 Å². The van der Waals surface area contributed by atoms with Gasteiger partial charge in [-0.25, -0.2) is 4.79 Å². The van der Waals surface area contributed by atoms with Crippen molar-refractivity contribution in [2.75, 3.05) is 19.8 Å². The van der Waals surface area contributed by atoms with Crippen molar-refractivity contribution in [2.45, 2.75) is 44.6 Å². The van der Waals surface area contributed by atoms with E-state index in [9.17, 15) is 14.4 Å². The highest BCUT2D eigenvalue weighted by molar-refractivity contribution is 5.96. The molecule has 8 heteroatoms. The zero-order chi connectivity index (χ0) is 23.9. The number of para-hydroxylation sites is 1. The Morgan fingerprint density at radius 1 is 0.788 bits per heavy atom. The molecular weight excluding hydrogens is 428 g/mol.